The monoisotopic (exact) mass is 457 g/mol. The van der Waals surface area contributed by atoms with Crippen LogP contribution in [0.25, 0.3) is 21.8 Å². The minimum atomic E-state index is -0.420. The molecule has 3 aromatic carbocycles. The Hall–Kier alpha value is -4.59. The van der Waals surface area contributed by atoms with Gasteiger partial charge < -0.3 is 24.5 Å². The lowest BCUT2D eigenvalue weighted by atomic mass is 10.1. The quantitative estimate of drug-likeness (QED) is 0.331. The predicted octanol–water partition coefficient (Wildman–Crippen LogP) is 5.92. The molecule has 2 N–H and O–H groups in total. The van der Waals surface area contributed by atoms with Gasteiger partial charge in [0.1, 0.15) is 23.0 Å². The number of methoxy groups -OCH3 is 2. The summed E-state index contributed by atoms with van der Waals surface area (Å²) >= 11 is 0. The Labute approximate surface area is 194 Å². The van der Waals surface area contributed by atoms with Crippen molar-refractivity contribution in [3.05, 3.63) is 84.4 Å². The first kappa shape index (κ1) is 21.3. The van der Waals surface area contributed by atoms with Crippen molar-refractivity contribution in [2.75, 3.05) is 19.5 Å². The number of aromatic nitrogens is 2. The van der Waals surface area contributed by atoms with Crippen molar-refractivity contribution in [2.24, 2.45) is 0 Å². The van der Waals surface area contributed by atoms with Crippen molar-refractivity contribution in [3.8, 4) is 23.0 Å². The Morgan fingerprint density at radius 2 is 1.76 bits per heavy atom. The molecular weight excluding hydrogens is 437 g/mol. The largest absolute Gasteiger partial charge is 0.493 e. The molecule has 5 aromatic rings. The number of amides is 1. The minimum absolute atomic E-state index is 0.350. The zero-order valence-corrected chi connectivity index (χ0v) is 18.4. The van der Waals surface area contributed by atoms with E-state index in [2.05, 4.69) is 15.3 Å². The molecule has 0 atom stereocenters. The highest BCUT2D eigenvalue weighted by atomic mass is 19.1. The second-order valence-corrected chi connectivity index (χ2v) is 7.53. The predicted molar refractivity (Wildman–Crippen MR) is 128 cm³/mol. The second-order valence-electron chi connectivity index (χ2n) is 7.53. The Bertz CT molecular complexity index is 1530. The fourth-order valence-electron chi connectivity index (χ4n) is 3.72. The van der Waals surface area contributed by atoms with Gasteiger partial charge in [-0.15, -0.1) is 0 Å². The van der Waals surface area contributed by atoms with Crippen LogP contribution in [0.2, 0.25) is 0 Å². The third kappa shape index (κ3) is 4.09. The number of aromatic amines is 1. The van der Waals surface area contributed by atoms with E-state index in [9.17, 15) is 9.18 Å². The van der Waals surface area contributed by atoms with Crippen LogP contribution in [0, 0.1) is 5.82 Å². The standard InChI is InChI=1S/C26H20FN3O4/c1-32-24-13-19-21(14-25(24)33-2)28-9-8-23(19)34-18-6-7-20-15(10-18)11-22(30-20)26(31)29-17-5-3-4-16(27)12-17/h3-14,30H,1-2H3,(H,29,31). The smallest absolute Gasteiger partial charge is 0.272 e. The number of carbonyl (C=O) groups excluding carboxylic acids is 1. The molecule has 0 fully saturated rings. The third-order valence-corrected chi connectivity index (χ3v) is 5.35. The van der Waals surface area contributed by atoms with Gasteiger partial charge in [-0.2, -0.15) is 0 Å². The van der Waals surface area contributed by atoms with Crippen molar-refractivity contribution < 1.29 is 23.4 Å². The zero-order chi connectivity index (χ0) is 23.7. The molecule has 0 saturated carbocycles. The Kier molecular flexibility index (Phi) is 5.47. The van der Waals surface area contributed by atoms with Crippen LogP contribution in [0.5, 0.6) is 23.0 Å². The summed E-state index contributed by atoms with van der Waals surface area (Å²) in [4.78, 5) is 20.1. The van der Waals surface area contributed by atoms with E-state index in [1.165, 1.54) is 18.2 Å². The van der Waals surface area contributed by atoms with Crippen LogP contribution in [0.1, 0.15) is 10.5 Å². The first-order chi connectivity index (χ1) is 16.5. The van der Waals surface area contributed by atoms with Crippen molar-refractivity contribution in [1.29, 1.82) is 0 Å². The van der Waals surface area contributed by atoms with Crippen molar-refractivity contribution in [2.45, 2.75) is 0 Å². The van der Waals surface area contributed by atoms with E-state index < -0.39 is 5.82 Å². The number of ether oxygens (including phenoxy) is 3. The molecule has 0 aliphatic carbocycles. The van der Waals surface area contributed by atoms with E-state index in [0.717, 1.165) is 16.3 Å². The summed E-state index contributed by atoms with van der Waals surface area (Å²) in [5.41, 5.74) is 2.20. The summed E-state index contributed by atoms with van der Waals surface area (Å²) in [6.45, 7) is 0. The molecule has 2 heterocycles. The highest BCUT2D eigenvalue weighted by Gasteiger charge is 2.13. The lowest BCUT2D eigenvalue weighted by Gasteiger charge is -2.12. The maximum atomic E-state index is 13.4. The molecular formula is C26H20FN3O4. The molecule has 34 heavy (non-hydrogen) atoms. The summed E-state index contributed by atoms with van der Waals surface area (Å²) in [6, 6.07) is 18.3. The molecule has 5 rings (SSSR count). The number of pyridine rings is 1. The van der Waals surface area contributed by atoms with E-state index in [0.29, 0.717) is 39.9 Å². The minimum Gasteiger partial charge on any atom is -0.493 e. The van der Waals surface area contributed by atoms with Crippen LogP contribution >= 0.6 is 0 Å². The molecule has 7 nitrogen and oxygen atoms in total. The van der Waals surface area contributed by atoms with Gasteiger partial charge in [-0.25, -0.2) is 4.39 Å². The number of nitrogens with zero attached hydrogens (tertiary/aromatic N) is 1. The van der Waals surface area contributed by atoms with Gasteiger partial charge in [-0.05, 0) is 54.6 Å². The normalized spacial score (nSPS) is 10.9. The van der Waals surface area contributed by atoms with E-state index in [-0.39, 0.29) is 5.91 Å². The van der Waals surface area contributed by atoms with Crippen LogP contribution in [-0.4, -0.2) is 30.1 Å². The van der Waals surface area contributed by atoms with Gasteiger partial charge >= 0.3 is 0 Å². The molecule has 0 spiro atoms. The van der Waals surface area contributed by atoms with E-state index in [4.69, 9.17) is 14.2 Å². The molecule has 0 saturated heterocycles. The van der Waals surface area contributed by atoms with Crippen LogP contribution in [0.15, 0.2) is 72.9 Å². The number of halogens is 1. The summed E-state index contributed by atoms with van der Waals surface area (Å²) in [6.07, 6.45) is 1.66. The van der Waals surface area contributed by atoms with Crippen molar-refractivity contribution >= 4 is 33.4 Å². The highest BCUT2D eigenvalue weighted by molar-refractivity contribution is 6.06. The summed E-state index contributed by atoms with van der Waals surface area (Å²) < 4.78 is 30.3. The number of rotatable bonds is 6. The fourth-order valence-corrected chi connectivity index (χ4v) is 3.72. The lowest BCUT2D eigenvalue weighted by molar-refractivity contribution is 0.102. The number of hydrogen-bond acceptors (Lipinski definition) is 5. The number of benzene rings is 3. The van der Waals surface area contributed by atoms with Gasteiger partial charge in [0, 0.05) is 34.2 Å². The third-order valence-electron chi connectivity index (χ3n) is 5.35. The van der Waals surface area contributed by atoms with Crippen LogP contribution in [0.3, 0.4) is 0 Å². The molecule has 0 bridgehead atoms. The molecule has 0 aliphatic rings. The number of nitrogens with one attached hydrogen (secondary N) is 2. The van der Waals surface area contributed by atoms with Gasteiger partial charge in [0.2, 0.25) is 0 Å². The summed E-state index contributed by atoms with van der Waals surface area (Å²) in [5.74, 6) is 1.55. The number of H-pyrrole nitrogens is 1. The first-order valence-corrected chi connectivity index (χ1v) is 10.4. The Morgan fingerprint density at radius 3 is 2.56 bits per heavy atom. The van der Waals surface area contributed by atoms with Gasteiger partial charge in [-0.1, -0.05) is 6.07 Å². The number of carbonyl (C=O) groups is 1. The first-order valence-electron chi connectivity index (χ1n) is 10.4. The van der Waals surface area contributed by atoms with Gasteiger partial charge in [-0.3, -0.25) is 9.78 Å². The zero-order valence-electron chi connectivity index (χ0n) is 18.4. The topological polar surface area (TPSA) is 85.5 Å². The SMILES string of the molecule is COc1cc2nccc(Oc3ccc4[nH]c(C(=O)Nc5cccc(F)c5)cc4c3)c2cc1OC. The number of anilines is 1. The van der Waals surface area contributed by atoms with Gasteiger partial charge in [0.15, 0.2) is 11.5 Å². The van der Waals surface area contributed by atoms with Gasteiger partial charge in [0.05, 0.1) is 19.7 Å². The average Bonchev–Trinajstić information content (AvgIpc) is 3.27. The Morgan fingerprint density at radius 1 is 0.941 bits per heavy atom. The average molecular weight is 457 g/mol. The Balaban J connectivity index is 1.43. The lowest BCUT2D eigenvalue weighted by Crippen LogP contribution is -2.12. The van der Waals surface area contributed by atoms with Crippen LogP contribution in [0.4, 0.5) is 10.1 Å². The van der Waals surface area contributed by atoms with E-state index in [1.807, 2.05) is 18.2 Å². The molecule has 0 radical (unpaired) electrons. The fraction of sp³-hybridized carbons (Fsp3) is 0.0769. The van der Waals surface area contributed by atoms with Crippen molar-refractivity contribution in [1.82, 2.24) is 9.97 Å². The molecule has 1 amide bonds. The maximum Gasteiger partial charge on any atom is 0.272 e. The maximum absolute atomic E-state index is 13.4. The van der Waals surface area contributed by atoms with Crippen molar-refractivity contribution in [3.63, 3.8) is 0 Å². The van der Waals surface area contributed by atoms with E-state index >= 15 is 0 Å². The summed E-state index contributed by atoms with van der Waals surface area (Å²) in [7, 11) is 3.14. The van der Waals surface area contributed by atoms with E-state index in [1.54, 1.807) is 50.7 Å². The molecule has 8 heteroatoms. The number of hydrogen-bond donors (Lipinski definition) is 2. The van der Waals surface area contributed by atoms with Crippen LogP contribution < -0.4 is 19.5 Å². The summed E-state index contributed by atoms with van der Waals surface area (Å²) in [5, 5.41) is 4.24. The van der Waals surface area contributed by atoms with Crippen LogP contribution in [-0.2, 0) is 0 Å². The second kappa shape index (κ2) is 8.74. The molecule has 0 unspecified atom stereocenters. The van der Waals surface area contributed by atoms with Gasteiger partial charge in [0.25, 0.3) is 5.91 Å². The molecule has 2 aromatic heterocycles. The highest BCUT2D eigenvalue weighted by Crippen LogP contribution is 2.37. The molecule has 0 aliphatic heterocycles. The number of fused-ring (bicyclic) bond motifs is 2. The molecule has 170 valence electrons.